The first-order valence-electron chi connectivity index (χ1n) is 7.70. The number of urea groups is 1. The van der Waals surface area contributed by atoms with E-state index in [4.69, 9.17) is 11.6 Å². The zero-order chi connectivity index (χ0) is 18.2. The Bertz CT molecular complexity index is 957. The molecule has 0 aliphatic carbocycles. The van der Waals surface area contributed by atoms with Crippen LogP contribution in [0.4, 0.5) is 16.2 Å². The number of carbonyl (C=O) groups excluding carboxylic acids is 1. The minimum atomic E-state index is -3.54. The molecule has 2 amide bonds. The van der Waals surface area contributed by atoms with Gasteiger partial charge in [-0.25, -0.2) is 13.2 Å². The van der Waals surface area contributed by atoms with E-state index in [1.807, 2.05) is 0 Å². The molecule has 0 saturated carbocycles. The Labute approximate surface area is 150 Å². The second-order valence-corrected chi connectivity index (χ2v) is 8.32. The summed E-state index contributed by atoms with van der Waals surface area (Å²) in [6.45, 7) is 1.76. The Morgan fingerprint density at radius 1 is 1.16 bits per heavy atom. The molecule has 2 aromatic carbocycles. The van der Waals surface area contributed by atoms with Crippen LogP contribution in [-0.4, -0.2) is 25.3 Å². The van der Waals surface area contributed by atoms with Gasteiger partial charge in [-0.05, 0) is 49.1 Å². The predicted octanol–water partition coefficient (Wildman–Crippen LogP) is 3.72. The number of hydrogen-bond acceptors (Lipinski definition) is 4. The molecule has 6 nitrogen and oxygen atoms in total. The van der Waals surface area contributed by atoms with Gasteiger partial charge in [-0.3, -0.25) is 0 Å². The van der Waals surface area contributed by atoms with Gasteiger partial charge in [-0.15, -0.1) is 0 Å². The molecule has 25 heavy (non-hydrogen) atoms. The fourth-order valence-electron chi connectivity index (χ4n) is 2.83. The van der Waals surface area contributed by atoms with Crippen LogP contribution in [0.15, 0.2) is 35.2 Å². The zero-order valence-electron chi connectivity index (χ0n) is 13.5. The number of fused-ring (bicyclic) bond motifs is 1. The molecule has 8 heteroatoms. The van der Waals surface area contributed by atoms with Crippen LogP contribution in [-0.2, 0) is 16.3 Å². The van der Waals surface area contributed by atoms with E-state index in [9.17, 15) is 18.3 Å². The van der Waals surface area contributed by atoms with Crippen molar-refractivity contribution in [3.63, 3.8) is 0 Å². The summed E-state index contributed by atoms with van der Waals surface area (Å²) >= 11 is 6.02. The summed E-state index contributed by atoms with van der Waals surface area (Å²) < 4.78 is 24.4. The number of phenolic OH excluding ortho intramolecular Hbond substituents is 1. The molecule has 0 bridgehead atoms. The van der Waals surface area contributed by atoms with E-state index in [1.165, 1.54) is 6.07 Å². The van der Waals surface area contributed by atoms with Gasteiger partial charge >= 0.3 is 6.03 Å². The van der Waals surface area contributed by atoms with E-state index in [0.29, 0.717) is 34.7 Å². The second-order valence-electron chi connectivity index (χ2n) is 5.86. The van der Waals surface area contributed by atoms with Gasteiger partial charge in [0, 0.05) is 10.7 Å². The fourth-order valence-corrected chi connectivity index (χ4v) is 4.71. The van der Waals surface area contributed by atoms with Crippen molar-refractivity contribution in [3.05, 3.63) is 46.5 Å². The molecule has 3 rings (SSSR count). The van der Waals surface area contributed by atoms with E-state index < -0.39 is 21.6 Å². The summed E-state index contributed by atoms with van der Waals surface area (Å²) in [5, 5.41) is 16.0. The largest absolute Gasteiger partial charge is 0.504 e. The van der Waals surface area contributed by atoms with Gasteiger partial charge in [0.1, 0.15) is 4.90 Å². The second kappa shape index (κ2) is 6.57. The Kier molecular flexibility index (Phi) is 4.62. The number of halogens is 1. The Hall–Kier alpha value is -2.25. The van der Waals surface area contributed by atoms with Crippen LogP contribution >= 0.6 is 11.6 Å². The number of rotatable bonds is 2. The first-order chi connectivity index (χ1) is 11.8. The van der Waals surface area contributed by atoms with E-state index in [0.717, 1.165) is 0 Å². The van der Waals surface area contributed by atoms with Crippen molar-refractivity contribution in [2.45, 2.75) is 24.7 Å². The number of aromatic hydroxyl groups is 1. The third-order valence-electron chi connectivity index (χ3n) is 4.15. The zero-order valence-corrected chi connectivity index (χ0v) is 15.0. The first kappa shape index (κ1) is 17.6. The molecule has 0 saturated heterocycles. The summed E-state index contributed by atoms with van der Waals surface area (Å²) in [7, 11) is -3.54. The van der Waals surface area contributed by atoms with E-state index in [2.05, 4.69) is 10.6 Å². The van der Waals surface area contributed by atoms with Crippen LogP contribution in [0.25, 0.3) is 0 Å². The van der Waals surface area contributed by atoms with Gasteiger partial charge in [0.2, 0.25) is 0 Å². The monoisotopic (exact) mass is 380 g/mol. The lowest BCUT2D eigenvalue weighted by Crippen LogP contribution is -2.21. The number of nitrogens with one attached hydrogen (secondary N) is 2. The molecular formula is C17H17ClN2O4S. The Morgan fingerprint density at radius 3 is 2.64 bits per heavy atom. The fraction of sp³-hybridized carbons (Fsp3) is 0.235. The quantitative estimate of drug-likeness (QED) is 0.692. The van der Waals surface area contributed by atoms with E-state index in [1.54, 1.807) is 31.2 Å². The highest BCUT2D eigenvalue weighted by atomic mass is 35.5. The van der Waals surface area contributed by atoms with Gasteiger partial charge in [-0.2, -0.15) is 0 Å². The molecule has 1 aliphatic rings. The van der Waals surface area contributed by atoms with Gasteiger partial charge in [0.15, 0.2) is 15.6 Å². The van der Waals surface area contributed by atoms with Gasteiger partial charge in [-0.1, -0.05) is 23.7 Å². The van der Waals surface area contributed by atoms with Crippen molar-refractivity contribution >= 4 is 38.8 Å². The van der Waals surface area contributed by atoms with Crippen molar-refractivity contribution < 1.29 is 18.3 Å². The maximum Gasteiger partial charge on any atom is 0.323 e. The molecule has 0 aromatic heterocycles. The number of aryl methyl sites for hydroxylation is 1. The van der Waals surface area contributed by atoms with Crippen LogP contribution in [0.2, 0.25) is 5.02 Å². The smallest absolute Gasteiger partial charge is 0.323 e. The van der Waals surface area contributed by atoms with Crippen LogP contribution in [0.5, 0.6) is 5.75 Å². The summed E-state index contributed by atoms with van der Waals surface area (Å²) in [4.78, 5) is 12.1. The van der Waals surface area contributed by atoms with Crippen LogP contribution in [0.1, 0.15) is 17.5 Å². The van der Waals surface area contributed by atoms with Crippen LogP contribution < -0.4 is 10.6 Å². The van der Waals surface area contributed by atoms with Gasteiger partial charge in [0.05, 0.1) is 11.4 Å². The number of phenols is 1. The highest BCUT2D eigenvalue weighted by molar-refractivity contribution is 7.91. The lowest BCUT2D eigenvalue weighted by molar-refractivity contribution is 0.262. The molecule has 1 aliphatic heterocycles. The normalized spacial score (nSPS) is 15.3. The highest BCUT2D eigenvalue weighted by Crippen LogP contribution is 2.38. The molecule has 0 spiro atoms. The van der Waals surface area contributed by atoms with E-state index in [-0.39, 0.29) is 16.3 Å². The lowest BCUT2D eigenvalue weighted by Gasteiger charge is -2.19. The number of hydrogen-bond donors (Lipinski definition) is 3. The topological polar surface area (TPSA) is 95.5 Å². The van der Waals surface area contributed by atoms with Crippen molar-refractivity contribution in [2.75, 3.05) is 16.4 Å². The lowest BCUT2D eigenvalue weighted by atomic mass is 10.1. The van der Waals surface area contributed by atoms with E-state index >= 15 is 0 Å². The molecule has 0 unspecified atom stereocenters. The van der Waals surface area contributed by atoms with Gasteiger partial charge in [0.25, 0.3) is 0 Å². The minimum absolute atomic E-state index is 0.00901. The molecule has 0 radical (unpaired) electrons. The van der Waals surface area contributed by atoms with Crippen LogP contribution in [0, 0.1) is 6.92 Å². The molecular weight excluding hydrogens is 364 g/mol. The maximum atomic E-state index is 12.2. The number of sulfone groups is 1. The predicted molar refractivity (Wildman–Crippen MR) is 97.3 cm³/mol. The minimum Gasteiger partial charge on any atom is -0.504 e. The molecule has 0 atom stereocenters. The average molecular weight is 381 g/mol. The molecule has 2 aromatic rings. The molecule has 3 N–H and O–H groups in total. The highest BCUT2D eigenvalue weighted by Gasteiger charge is 2.29. The Morgan fingerprint density at radius 2 is 1.88 bits per heavy atom. The summed E-state index contributed by atoms with van der Waals surface area (Å²) in [6, 6.07) is 7.62. The van der Waals surface area contributed by atoms with Crippen molar-refractivity contribution in [3.8, 4) is 5.75 Å². The third kappa shape index (κ3) is 3.43. The number of anilines is 2. The van der Waals surface area contributed by atoms with Crippen molar-refractivity contribution in [2.24, 2.45) is 0 Å². The average Bonchev–Trinajstić information content (AvgIpc) is 2.54. The van der Waals surface area contributed by atoms with Crippen molar-refractivity contribution in [1.29, 1.82) is 0 Å². The SMILES string of the molecule is Cc1c(Cl)cccc1NC(=O)Nc1ccc2c(c1O)S(=O)(=O)CCC2. The third-order valence-corrected chi connectivity index (χ3v) is 6.46. The summed E-state index contributed by atoms with van der Waals surface area (Å²) in [6.07, 6.45) is 1.10. The standard InChI is InChI=1S/C17H17ClN2O4S/c1-10-12(18)5-2-6-13(10)19-17(22)20-14-8-7-11-4-3-9-25(23,24)16(11)15(14)21/h2,5-8,21H,3-4,9H2,1H3,(H2,19,20,22). The Balaban J connectivity index is 1.86. The van der Waals surface area contributed by atoms with Gasteiger partial charge < -0.3 is 15.7 Å². The molecule has 1 heterocycles. The number of benzene rings is 2. The number of amides is 2. The summed E-state index contributed by atoms with van der Waals surface area (Å²) in [5.74, 6) is -0.430. The molecule has 132 valence electrons. The summed E-state index contributed by atoms with van der Waals surface area (Å²) in [5.41, 5.74) is 1.84. The van der Waals surface area contributed by atoms with Crippen molar-refractivity contribution in [1.82, 2.24) is 0 Å². The first-order valence-corrected chi connectivity index (χ1v) is 9.73. The molecule has 0 fully saturated rings. The maximum absolute atomic E-state index is 12.2. The van der Waals surface area contributed by atoms with Crippen LogP contribution in [0.3, 0.4) is 0 Å². The number of carbonyl (C=O) groups is 1.